The SMILES string of the molecule is COc1cc(N2CC[C@H](Oc3ccc(C4CC4)cc3)C2=O)ccc1OCCN1CCC(N2CCN(C)CC2)C1. The second kappa shape index (κ2) is 11.7. The molecule has 1 aliphatic carbocycles. The summed E-state index contributed by atoms with van der Waals surface area (Å²) in [6.07, 6.45) is 3.99. The largest absolute Gasteiger partial charge is 0.493 e. The highest BCUT2D eigenvalue weighted by Crippen LogP contribution is 2.40. The molecule has 8 nitrogen and oxygen atoms in total. The third-order valence-corrected chi connectivity index (χ3v) is 8.79. The predicted molar refractivity (Wildman–Crippen MR) is 152 cm³/mol. The van der Waals surface area contributed by atoms with Gasteiger partial charge in [0.15, 0.2) is 17.6 Å². The molecule has 6 rings (SSSR count). The van der Waals surface area contributed by atoms with Crippen molar-refractivity contribution in [2.24, 2.45) is 0 Å². The van der Waals surface area contributed by atoms with Crippen LogP contribution in [0.25, 0.3) is 0 Å². The Hall–Kier alpha value is -2.81. The summed E-state index contributed by atoms with van der Waals surface area (Å²) in [6, 6.07) is 14.7. The van der Waals surface area contributed by atoms with Crippen molar-refractivity contribution in [1.82, 2.24) is 14.7 Å². The highest BCUT2D eigenvalue weighted by Gasteiger charge is 2.35. The van der Waals surface area contributed by atoms with Crippen molar-refractivity contribution in [2.75, 3.05) is 78.0 Å². The van der Waals surface area contributed by atoms with E-state index in [2.05, 4.69) is 33.9 Å². The summed E-state index contributed by atoms with van der Waals surface area (Å²) in [5.41, 5.74) is 2.18. The Bertz CT molecular complexity index is 1130. The molecule has 8 heteroatoms. The topological polar surface area (TPSA) is 57.7 Å². The van der Waals surface area contributed by atoms with Gasteiger partial charge in [-0.3, -0.25) is 14.6 Å². The van der Waals surface area contributed by atoms with E-state index >= 15 is 0 Å². The predicted octanol–water partition coefficient (Wildman–Crippen LogP) is 3.46. The zero-order valence-corrected chi connectivity index (χ0v) is 23.4. The molecule has 1 unspecified atom stereocenters. The number of likely N-dealkylation sites (N-methyl/N-ethyl adjacent to an activating group) is 1. The molecule has 3 heterocycles. The maximum Gasteiger partial charge on any atom is 0.268 e. The van der Waals surface area contributed by atoms with Crippen LogP contribution >= 0.6 is 0 Å². The lowest BCUT2D eigenvalue weighted by atomic mass is 10.1. The van der Waals surface area contributed by atoms with Crippen LogP contribution in [-0.2, 0) is 4.79 Å². The molecule has 0 N–H and O–H groups in total. The fraction of sp³-hybridized carbons (Fsp3) is 0.581. The van der Waals surface area contributed by atoms with E-state index < -0.39 is 6.10 Å². The second-order valence-corrected chi connectivity index (χ2v) is 11.5. The van der Waals surface area contributed by atoms with Gasteiger partial charge in [0, 0.05) is 70.0 Å². The average molecular weight is 535 g/mol. The molecule has 2 aromatic rings. The zero-order valence-electron chi connectivity index (χ0n) is 23.4. The lowest BCUT2D eigenvalue weighted by Gasteiger charge is -2.36. The molecule has 210 valence electrons. The monoisotopic (exact) mass is 534 g/mol. The van der Waals surface area contributed by atoms with Crippen molar-refractivity contribution in [3.05, 3.63) is 48.0 Å². The molecule has 2 atom stereocenters. The summed E-state index contributed by atoms with van der Waals surface area (Å²) in [4.78, 5) is 22.5. The van der Waals surface area contributed by atoms with Crippen LogP contribution in [0.1, 0.15) is 37.2 Å². The molecule has 1 amide bonds. The van der Waals surface area contributed by atoms with Gasteiger partial charge in [-0.05, 0) is 68.6 Å². The van der Waals surface area contributed by atoms with Crippen LogP contribution < -0.4 is 19.1 Å². The third-order valence-electron chi connectivity index (χ3n) is 8.79. The standard InChI is InChI=1S/C31H42N4O4/c1-32-15-17-34(18-16-32)26-11-13-33(22-26)19-20-38-28-10-7-25(21-30(28)37-2)35-14-12-29(31(35)36)39-27-8-5-24(6-9-27)23-3-4-23/h5-10,21,23,26,29H,3-4,11-20,22H2,1-2H3/t26?,29-/m0/s1. The van der Waals surface area contributed by atoms with Crippen molar-refractivity contribution in [2.45, 2.75) is 43.7 Å². The van der Waals surface area contributed by atoms with Gasteiger partial charge in [0.1, 0.15) is 12.4 Å². The maximum absolute atomic E-state index is 13.2. The number of nitrogens with zero attached hydrogens (tertiary/aromatic N) is 4. The van der Waals surface area contributed by atoms with E-state index in [-0.39, 0.29) is 5.91 Å². The van der Waals surface area contributed by atoms with E-state index in [1.165, 1.54) is 51.0 Å². The number of anilines is 1. The first-order chi connectivity index (χ1) is 19.1. The normalized spacial score (nSPS) is 24.9. The number of likely N-dealkylation sites (tertiary alicyclic amines) is 1. The van der Waals surface area contributed by atoms with Gasteiger partial charge in [-0.25, -0.2) is 0 Å². The molecule has 1 saturated carbocycles. The fourth-order valence-electron chi connectivity index (χ4n) is 6.15. The first-order valence-corrected chi connectivity index (χ1v) is 14.6. The van der Waals surface area contributed by atoms with Gasteiger partial charge in [0.25, 0.3) is 5.91 Å². The molecule has 3 saturated heterocycles. The van der Waals surface area contributed by atoms with E-state index in [0.717, 1.165) is 31.1 Å². The second-order valence-electron chi connectivity index (χ2n) is 11.5. The van der Waals surface area contributed by atoms with E-state index in [9.17, 15) is 4.79 Å². The van der Waals surface area contributed by atoms with Gasteiger partial charge in [0.05, 0.1) is 7.11 Å². The summed E-state index contributed by atoms with van der Waals surface area (Å²) in [5, 5.41) is 0. The van der Waals surface area contributed by atoms with Crippen molar-refractivity contribution in [3.8, 4) is 17.2 Å². The van der Waals surface area contributed by atoms with Crippen molar-refractivity contribution in [1.29, 1.82) is 0 Å². The lowest BCUT2D eigenvalue weighted by Crippen LogP contribution is -2.49. The van der Waals surface area contributed by atoms with E-state index in [1.54, 1.807) is 12.0 Å². The molecular formula is C31H42N4O4. The molecule has 0 radical (unpaired) electrons. The molecule has 2 aromatic carbocycles. The summed E-state index contributed by atoms with van der Waals surface area (Å²) in [7, 11) is 3.86. The Morgan fingerprint density at radius 1 is 0.872 bits per heavy atom. The number of hydrogen-bond donors (Lipinski definition) is 0. The average Bonchev–Trinajstić information content (AvgIpc) is 3.60. The minimum absolute atomic E-state index is 0.0130. The molecule has 4 fully saturated rings. The minimum atomic E-state index is -0.464. The molecule has 4 aliphatic rings. The van der Waals surface area contributed by atoms with E-state index in [0.29, 0.717) is 43.0 Å². The number of piperazine rings is 1. The molecule has 0 bridgehead atoms. The molecule has 0 aromatic heterocycles. The highest BCUT2D eigenvalue weighted by molar-refractivity contribution is 5.99. The van der Waals surface area contributed by atoms with E-state index in [1.807, 2.05) is 30.3 Å². The highest BCUT2D eigenvalue weighted by atomic mass is 16.5. The number of rotatable bonds is 10. The number of carbonyl (C=O) groups is 1. The number of amides is 1. The quantitative estimate of drug-likeness (QED) is 0.463. The van der Waals surface area contributed by atoms with Crippen LogP contribution in [0.2, 0.25) is 0 Å². The van der Waals surface area contributed by atoms with Gasteiger partial charge in [-0.2, -0.15) is 0 Å². The number of benzene rings is 2. The van der Waals surface area contributed by atoms with Crippen LogP contribution in [0.4, 0.5) is 5.69 Å². The molecule has 0 spiro atoms. The van der Waals surface area contributed by atoms with Gasteiger partial charge in [0.2, 0.25) is 0 Å². The van der Waals surface area contributed by atoms with Crippen molar-refractivity contribution >= 4 is 11.6 Å². The van der Waals surface area contributed by atoms with Gasteiger partial charge >= 0.3 is 0 Å². The van der Waals surface area contributed by atoms with Gasteiger partial charge < -0.3 is 24.0 Å². The maximum atomic E-state index is 13.2. The van der Waals surface area contributed by atoms with E-state index in [4.69, 9.17) is 14.2 Å². The summed E-state index contributed by atoms with van der Waals surface area (Å²) in [6.45, 7) is 9.07. The minimum Gasteiger partial charge on any atom is -0.493 e. The fourth-order valence-corrected chi connectivity index (χ4v) is 6.15. The summed E-state index contributed by atoms with van der Waals surface area (Å²) < 4.78 is 17.9. The van der Waals surface area contributed by atoms with Gasteiger partial charge in [-0.1, -0.05) is 12.1 Å². The summed E-state index contributed by atoms with van der Waals surface area (Å²) >= 11 is 0. The Kier molecular flexibility index (Phi) is 7.95. The zero-order chi connectivity index (χ0) is 26.8. The number of ether oxygens (including phenoxy) is 3. The molecular weight excluding hydrogens is 492 g/mol. The van der Waals surface area contributed by atoms with Crippen molar-refractivity contribution in [3.63, 3.8) is 0 Å². The number of carbonyl (C=O) groups excluding carboxylic acids is 1. The van der Waals surface area contributed by atoms with Crippen LogP contribution in [0.3, 0.4) is 0 Å². The Morgan fingerprint density at radius 3 is 2.41 bits per heavy atom. The first kappa shape index (κ1) is 26.4. The molecule has 3 aliphatic heterocycles. The summed E-state index contributed by atoms with van der Waals surface area (Å²) in [5.74, 6) is 2.82. The van der Waals surface area contributed by atoms with Gasteiger partial charge in [-0.15, -0.1) is 0 Å². The first-order valence-electron chi connectivity index (χ1n) is 14.6. The van der Waals surface area contributed by atoms with Crippen molar-refractivity contribution < 1.29 is 19.0 Å². The van der Waals surface area contributed by atoms with Crippen LogP contribution in [-0.4, -0.2) is 106 Å². The number of hydrogen-bond acceptors (Lipinski definition) is 7. The molecule has 39 heavy (non-hydrogen) atoms. The lowest BCUT2D eigenvalue weighted by molar-refractivity contribution is -0.122. The van der Waals surface area contributed by atoms with Crippen LogP contribution in [0.5, 0.6) is 17.2 Å². The Morgan fingerprint density at radius 2 is 1.67 bits per heavy atom. The third kappa shape index (κ3) is 6.18. The van der Waals surface area contributed by atoms with Crippen LogP contribution in [0.15, 0.2) is 42.5 Å². The van der Waals surface area contributed by atoms with Crippen LogP contribution in [0, 0.1) is 0 Å². The number of methoxy groups -OCH3 is 1. The Labute approximate surface area is 232 Å². The Balaban J connectivity index is 0.992. The smallest absolute Gasteiger partial charge is 0.268 e.